The van der Waals surface area contributed by atoms with Crippen LogP contribution in [0.5, 0.6) is 11.5 Å². The number of ether oxygens (including phenoxy) is 2. The zero-order valence-electron chi connectivity index (χ0n) is 17.1. The number of hydrogen-bond acceptors (Lipinski definition) is 6. The van der Waals surface area contributed by atoms with Crippen LogP contribution in [-0.2, 0) is 11.2 Å². The van der Waals surface area contributed by atoms with E-state index in [4.69, 9.17) is 14.7 Å². The maximum Gasteiger partial charge on any atom is 0.253 e. The summed E-state index contributed by atoms with van der Waals surface area (Å²) in [5.74, 6) is 0.542. The zero-order chi connectivity index (χ0) is 22.1. The maximum atomic E-state index is 12.3. The Kier molecular flexibility index (Phi) is 7.57. The SMILES string of the molecule is COc1cc(CCNC(=O)C(O)c2ccc(-c3ccccn3)cc2)ccc1OCC#N. The summed E-state index contributed by atoms with van der Waals surface area (Å²) < 4.78 is 10.6. The van der Waals surface area contributed by atoms with Crippen LogP contribution in [0.15, 0.2) is 66.9 Å². The van der Waals surface area contributed by atoms with Crippen LogP contribution in [0.3, 0.4) is 0 Å². The quantitative estimate of drug-likeness (QED) is 0.555. The number of hydrogen-bond donors (Lipinski definition) is 2. The van der Waals surface area contributed by atoms with E-state index in [0.717, 1.165) is 16.8 Å². The molecule has 1 heterocycles. The molecule has 0 aliphatic heterocycles. The van der Waals surface area contributed by atoms with E-state index in [1.807, 2.05) is 42.5 Å². The molecule has 0 bridgehead atoms. The number of carbonyl (C=O) groups is 1. The van der Waals surface area contributed by atoms with Crippen molar-refractivity contribution in [1.82, 2.24) is 10.3 Å². The molecular formula is C24H23N3O4. The first kappa shape index (κ1) is 21.8. The standard InChI is InChI=1S/C24H23N3O4/c1-30-22-16-17(5-10-21(22)31-15-12-25)11-14-27-24(29)23(28)19-8-6-18(7-9-19)20-4-2-3-13-26-20/h2-10,13,16,23,28H,11,14-15H2,1H3,(H,27,29). The summed E-state index contributed by atoms with van der Waals surface area (Å²) in [6, 6.07) is 20.0. The number of aliphatic hydroxyl groups is 1. The van der Waals surface area contributed by atoms with E-state index >= 15 is 0 Å². The minimum atomic E-state index is -1.26. The fourth-order valence-corrected chi connectivity index (χ4v) is 3.04. The topological polar surface area (TPSA) is 104 Å². The first-order chi connectivity index (χ1) is 15.1. The highest BCUT2D eigenvalue weighted by Crippen LogP contribution is 2.28. The fourth-order valence-electron chi connectivity index (χ4n) is 3.04. The summed E-state index contributed by atoms with van der Waals surface area (Å²) in [4.78, 5) is 16.6. The predicted molar refractivity (Wildman–Crippen MR) is 115 cm³/mol. The Balaban J connectivity index is 1.54. The molecule has 7 nitrogen and oxygen atoms in total. The summed E-state index contributed by atoms with van der Waals surface area (Å²) in [5.41, 5.74) is 3.18. The Morgan fingerprint density at radius 2 is 1.97 bits per heavy atom. The summed E-state index contributed by atoms with van der Waals surface area (Å²) in [6.45, 7) is 0.288. The molecule has 0 saturated heterocycles. The molecule has 1 amide bonds. The van der Waals surface area contributed by atoms with Gasteiger partial charge in [0, 0.05) is 18.3 Å². The van der Waals surface area contributed by atoms with Crippen LogP contribution in [-0.4, -0.2) is 36.3 Å². The number of carbonyl (C=O) groups excluding carboxylic acids is 1. The second-order valence-electron chi connectivity index (χ2n) is 6.71. The molecule has 0 radical (unpaired) electrons. The van der Waals surface area contributed by atoms with Gasteiger partial charge in [-0.25, -0.2) is 0 Å². The zero-order valence-corrected chi connectivity index (χ0v) is 17.1. The summed E-state index contributed by atoms with van der Waals surface area (Å²) in [5, 5.41) is 21.7. The van der Waals surface area contributed by atoms with E-state index in [9.17, 15) is 9.90 Å². The molecule has 3 rings (SSSR count). The monoisotopic (exact) mass is 417 g/mol. The molecule has 0 spiro atoms. The summed E-state index contributed by atoms with van der Waals surface area (Å²) in [7, 11) is 1.52. The smallest absolute Gasteiger partial charge is 0.253 e. The molecule has 1 aromatic heterocycles. The van der Waals surface area contributed by atoms with Crippen molar-refractivity contribution < 1.29 is 19.4 Å². The number of aliphatic hydroxyl groups excluding tert-OH is 1. The third-order valence-corrected chi connectivity index (χ3v) is 4.67. The molecule has 7 heteroatoms. The van der Waals surface area contributed by atoms with E-state index in [2.05, 4.69) is 10.3 Å². The van der Waals surface area contributed by atoms with Gasteiger partial charge in [0.15, 0.2) is 24.2 Å². The van der Waals surface area contributed by atoms with Gasteiger partial charge in [-0.3, -0.25) is 9.78 Å². The van der Waals surface area contributed by atoms with Gasteiger partial charge in [0.25, 0.3) is 5.91 Å². The maximum absolute atomic E-state index is 12.3. The minimum absolute atomic E-state index is 0.0630. The molecule has 3 aromatic rings. The molecule has 31 heavy (non-hydrogen) atoms. The van der Waals surface area contributed by atoms with E-state index in [1.165, 1.54) is 7.11 Å². The molecule has 2 N–H and O–H groups in total. The van der Waals surface area contributed by atoms with Gasteiger partial charge in [0.1, 0.15) is 6.07 Å². The lowest BCUT2D eigenvalue weighted by molar-refractivity contribution is -0.129. The average molecular weight is 417 g/mol. The van der Waals surface area contributed by atoms with Gasteiger partial charge in [0.2, 0.25) is 0 Å². The van der Waals surface area contributed by atoms with E-state index in [1.54, 1.807) is 30.5 Å². The first-order valence-electron chi connectivity index (χ1n) is 9.76. The van der Waals surface area contributed by atoms with Crippen molar-refractivity contribution in [3.63, 3.8) is 0 Å². The number of aromatic nitrogens is 1. The van der Waals surface area contributed by atoms with Crippen LogP contribution >= 0.6 is 0 Å². The number of nitriles is 1. The lowest BCUT2D eigenvalue weighted by Gasteiger charge is -2.13. The summed E-state index contributed by atoms with van der Waals surface area (Å²) in [6.07, 6.45) is 1.01. The van der Waals surface area contributed by atoms with Crippen molar-refractivity contribution in [2.75, 3.05) is 20.3 Å². The third kappa shape index (κ3) is 5.81. The summed E-state index contributed by atoms with van der Waals surface area (Å²) >= 11 is 0. The van der Waals surface area contributed by atoms with E-state index in [0.29, 0.717) is 30.0 Å². The van der Waals surface area contributed by atoms with Crippen molar-refractivity contribution >= 4 is 5.91 Å². The molecule has 1 unspecified atom stereocenters. The lowest BCUT2D eigenvalue weighted by Crippen LogP contribution is -2.30. The molecule has 0 saturated carbocycles. The Morgan fingerprint density at radius 3 is 2.65 bits per heavy atom. The number of amides is 1. The normalized spacial score (nSPS) is 11.3. The second kappa shape index (κ2) is 10.8. The molecule has 0 fully saturated rings. The van der Waals surface area contributed by atoms with Gasteiger partial charge in [0.05, 0.1) is 12.8 Å². The van der Waals surface area contributed by atoms with Crippen LogP contribution in [0.2, 0.25) is 0 Å². The van der Waals surface area contributed by atoms with Gasteiger partial charge in [-0.2, -0.15) is 5.26 Å². The van der Waals surface area contributed by atoms with Gasteiger partial charge in [-0.05, 0) is 41.8 Å². The highest BCUT2D eigenvalue weighted by atomic mass is 16.5. The van der Waals surface area contributed by atoms with Crippen molar-refractivity contribution in [2.45, 2.75) is 12.5 Å². The van der Waals surface area contributed by atoms with E-state index in [-0.39, 0.29) is 6.61 Å². The number of pyridine rings is 1. The first-order valence-corrected chi connectivity index (χ1v) is 9.76. The van der Waals surface area contributed by atoms with Crippen LogP contribution in [0.1, 0.15) is 17.2 Å². The highest BCUT2D eigenvalue weighted by molar-refractivity contribution is 5.82. The van der Waals surface area contributed by atoms with Gasteiger partial charge >= 0.3 is 0 Å². The Bertz CT molecular complexity index is 1050. The van der Waals surface area contributed by atoms with Gasteiger partial charge in [-0.15, -0.1) is 0 Å². The Hall–Kier alpha value is -3.89. The molecule has 2 aromatic carbocycles. The van der Waals surface area contributed by atoms with Crippen LogP contribution < -0.4 is 14.8 Å². The van der Waals surface area contributed by atoms with Crippen molar-refractivity contribution in [2.24, 2.45) is 0 Å². The van der Waals surface area contributed by atoms with Crippen LogP contribution in [0, 0.1) is 11.3 Å². The number of benzene rings is 2. The second-order valence-corrected chi connectivity index (χ2v) is 6.71. The number of nitrogens with one attached hydrogen (secondary N) is 1. The minimum Gasteiger partial charge on any atom is -0.493 e. The number of rotatable bonds is 9. The Morgan fingerprint density at radius 1 is 1.16 bits per heavy atom. The largest absolute Gasteiger partial charge is 0.493 e. The van der Waals surface area contributed by atoms with Crippen LogP contribution in [0.4, 0.5) is 0 Å². The van der Waals surface area contributed by atoms with Crippen LogP contribution in [0.25, 0.3) is 11.3 Å². The van der Waals surface area contributed by atoms with Crippen molar-refractivity contribution in [1.29, 1.82) is 5.26 Å². The molecule has 1 atom stereocenters. The molecule has 158 valence electrons. The molecule has 0 aliphatic rings. The molecule has 0 aliphatic carbocycles. The van der Waals surface area contributed by atoms with Crippen molar-refractivity contribution in [3.05, 3.63) is 78.0 Å². The van der Waals surface area contributed by atoms with Gasteiger partial charge < -0.3 is 19.9 Å². The highest BCUT2D eigenvalue weighted by Gasteiger charge is 2.17. The fraction of sp³-hybridized carbons (Fsp3) is 0.208. The average Bonchev–Trinajstić information content (AvgIpc) is 2.83. The Labute approximate surface area is 180 Å². The number of nitrogens with zero attached hydrogens (tertiary/aromatic N) is 2. The predicted octanol–water partition coefficient (Wildman–Crippen LogP) is 3.05. The molecular weight excluding hydrogens is 394 g/mol. The van der Waals surface area contributed by atoms with Crippen molar-refractivity contribution in [3.8, 4) is 28.8 Å². The van der Waals surface area contributed by atoms with E-state index < -0.39 is 12.0 Å². The third-order valence-electron chi connectivity index (χ3n) is 4.67. The number of methoxy groups -OCH3 is 1. The van der Waals surface area contributed by atoms with Gasteiger partial charge in [-0.1, -0.05) is 36.4 Å². The lowest BCUT2D eigenvalue weighted by atomic mass is 10.0.